The van der Waals surface area contributed by atoms with E-state index < -0.39 is 5.97 Å². The van der Waals surface area contributed by atoms with Gasteiger partial charge in [0.25, 0.3) is 0 Å². The highest BCUT2D eigenvalue weighted by Gasteiger charge is 2.16. The van der Waals surface area contributed by atoms with Crippen LogP contribution in [0.25, 0.3) is 0 Å². The van der Waals surface area contributed by atoms with Crippen molar-refractivity contribution in [1.29, 1.82) is 0 Å². The summed E-state index contributed by atoms with van der Waals surface area (Å²) in [4.78, 5) is 24.9. The molecule has 1 amide bonds. The molecule has 0 radical (unpaired) electrons. The van der Waals surface area contributed by atoms with E-state index in [-0.39, 0.29) is 18.4 Å². The fourth-order valence-electron chi connectivity index (χ4n) is 3.83. The lowest BCUT2D eigenvalue weighted by atomic mass is 9.97. The number of hydrogen-bond acceptors (Lipinski definition) is 3. The van der Waals surface area contributed by atoms with Crippen LogP contribution in [0.5, 0.6) is 0 Å². The zero-order valence-corrected chi connectivity index (χ0v) is 18.8. The molecule has 5 nitrogen and oxygen atoms in total. The van der Waals surface area contributed by atoms with E-state index in [0.29, 0.717) is 13.0 Å². The SMILES string of the molecule is Cc1cccc(C)c1CCCCCCCCCC(=O)N[C@H](CC(=O)O)CN(C)C. The van der Waals surface area contributed by atoms with Gasteiger partial charge < -0.3 is 15.3 Å². The molecule has 164 valence electrons. The van der Waals surface area contributed by atoms with Crippen molar-refractivity contribution < 1.29 is 14.7 Å². The van der Waals surface area contributed by atoms with Crippen LogP contribution >= 0.6 is 0 Å². The van der Waals surface area contributed by atoms with Crippen molar-refractivity contribution in [1.82, 2.24) is 10.2 Å². The van der Waals surface area contributed by atoms with Crippen LogP contribution in [-0.2, 0) is 16.0 Å². The number of carbonyl (C=O) groups excluding carboxylic acids is 1. The first kappa shape index (κ1) is 25.2. The number of nitrogens with one attached hydrogen (secondary N) is 1. The number of likely N-dealkylation sites (N-methyl/N-ethyl adjacent to an activating group) is 1. The fraction of sp³-hybridized carbons (Fsp3) is 0.667. The van der Waals surface area contributed by atoms with Crippen LogP contribution in [0.4, 0.5) is 0 Å². The zero-order chi connectivity index (χ0) is 21.6. The summed E-state index contributed by atoms with van der Waals surface area (Å²) < 4.78 is 0. The van der Waals surface area contributed by atoms with Gasteiger partial charge in [-0.25, -0.2) is 0 Å². The number of rotatable bonds is 15. The number of nitrogens with zero attached hydrogens (tertiary/aromatic N) is 1. The van der Waals surface area contributed by atoms with Crippen LogP contribution < -0.4 is 5.32 Å². The van der Waals surface area contributed by atoms with Gasteiger partial charge in [0.05, 0.1) is 12.5 Å². The fourth-order valence-corrected chi connectivity index (χ4v) is 3.83. The zero-order valence-electron chi connectivity index (χ0n) is 18.8. The van der Waals surface area contributed by atoms with Crippen molar-refractivity contribution in [3.05, 3.63) is 34.9 Å². The van der Waals surface area contributed by atoms with Crippen molar-refractivity contribution in [2.75, 3.05) is 20.6 Å². The Hall–Kier alpha value is -1.88. The summed E-state index contributed by atoms with van der Waals surface area (Å²) >= 11 is 0. The lowest BCUT2D eigenvalue weighted by Gasteiger charge is -2.20. The highest BCUT2D eigenvalue weighted by molar-refractivity contribution is 5.77. The summed E-state index contributed by atoms with van der Waals surface area (Å²) in [5.74, 6) is -0.915. The Morgan fingerprint density at radius 1 is 0.966 bits per heavy atom. The van der Waals surface area contributed by atoms with Crippen molar-refractivity contribution >= 4 is 11.9 Å². The van der Waals surface area contributed by atoms with Crippen LogP contribution in [-0.4, -0.2) is 48.6 Å². The Morgan fingerprint density at radius 2 is 1.52 bits per heavy atom. The van der Waals surface area contributed by atoms with Crippen LogP contribution in [0, 0.1) is 13.8 Å². The van der Waals surface area contributed by atoms with E-state index in [4.69, 9.17) is 5.11 Å². The average molecular weight is 405 g/mol. The maximum Gasteiger partial charge on any atom is 0.305 e. The first-order chi connectivity index (χ1) is 13.8. The second-order valence-corrected chi connectivity index (χ2v) is 8.47. The van der Waals surface area contributed by atoms with E-state index in [2.05, 4.69) is 37.4 Å². The highest BCUT2D eigenvalue weighted by Crippen LogP contribution is 2.17. The summed E-state index contributed by atoms with van der Waals surface area (Å²) in [5.41, 5.74) is 4.31. The number of carboxylic acids is 1. The van der Waals surface area contributed by atoms with Gasteiger partial charge in [0.1, 0.15) is 0 Å². The standard InChI is InChI=1S/C24H40N2O3/c1-19-13-12-14-20(2)22(19)15-10-8-6-5-7-9-11-16-23(27)25-21(17-24(28)29)18-26(3)4/h12-14,21H,5-11,15-18H2,1-4H3,(H,25,27)(H,28,29)/t21-/m1/s1. The predicted molar refractivity (Wildman–Crippen MR) is 119 cm³/mol. The minimum atomic E-state index is -0.880. The summed E-state index contributed by atoms with van der Waals surface area (Å²) in [5, 5.41) is 11.8. The Morgan fingerprint density at radius 3 is 2.07 bits per heavy atom. The summed E-state index contributed by atoms with van der Waals surface area (Å²) in [7, 11) is 3.76. The minimum absolute atomic E-state index is 0.0355. The molecule has 1 aromatic carbocycles. The maximum absolute atomic E-state index is 12.1. The molecule has 0 saturated carbocycles. The first-order valence-electron chi connectivity index (χ1n) is 11.0. The molecule has 5 heteroatoms. The van der Waals surface area contributed by atoms with Gasteiger partial charge in [-0.05, 0) is 63.9 Å². The molecule has 0 aliphatic rings. The summed E-state index contributed by atoms with van der Waals surface area (Å²) in [6, 6.07) is 6.20. The van der Waals surface area contributed by atoms with Crippen LogP contribution in [0.2, 0.25) is 0 Å². The molecule has 0 aliphatic carbocycles. The third kappa shape index (κ3) is 11.6. The number of carboxylic acid groups (broad SMARTS) is 1. The van der Waals surface area contributed by atoms with Gasteiger partial charge in [-0.3, -0.25) is 9.59 Å². The molecular weight excluding hydrogens is 364 g/mol. The highest BCUT2D eigenvalue weighted by atomic mass is 16.4. The van der Waals surface area contributed by atoms with E-state index in [0.717, 1.165) is 19.3 Å². The van der Waals surface area contributed by atoms with Gasteiger partial charge in [-0.1, -0.05) is 50.3 Å². The largest absolute Gasteiger partial charge is 0.481 e. The Labute approximate surface area is 176 Å². The number of carbonyl (C=O) groups is 2. The Bertz CT molecular complexity index is 608. The first-order valence-corrected chi connectivity index (χ1v) is 11.0. The van der Waals surface area contributed by atoms with E-state index in [1.807, 2.05) is 19.0 Å². The Balaban J connectivity index is 2.08. The van der Waals surface area contributed by atoms with Gasteiger partial charge in [-0.2, -0.15) is 0 Å². The lowest BCUT2D eigenvalue weighted by molar-refractivity contribution is -0.137. The second-order valence-electron chi connectivity index (χ2n) is 8.47. The number of aliphatic carboxylic acids is 1. The second kappa shape index (κ2) is 14.2. The molecule has 29 heavy (non-hydrogen) atoms. The third-order valence-electron chi connectivity index (χ3n) is 5.35. The number of unbranched alkanes of at least 4 members (excludes halogenated alkanes) is 6. The number of aryl methyl sites for hydroxylation is 2. The van der Waals surface area contributed by atoms with E-state index in [1.165, 1.54) is 48.8 Å². The molecule has 1 rings (SSSR count). The van der Waals surface area contributed by atoms with E-state index >= 15 is 0 Å². The van der Waals surface area contributed by atoms with Crippen molar-refractivity contribution in [3.63, 3.8) is 0 Å². The average Bonchev–Trinajstić information content (AvgIpc) is 2.61. The van der Waals surface area contributed by atoms with Crippen LogP contribution in [0.1, 0.15) is 74.5 Å². The molecule has 0 aromatic heterocycles. The van der Waals surface area contributed by atoms with Gasteiger partial charge in [0.2, 0.25) is 5.91 Å². The van der Waals surface area contributed by atoms with Gasteiger partial charge in [0, 0.05) is 13.0 Å². The van der Waals surface area contributed by atoms with Gasteiger partial charge in [0.15, 0.2) is 0 Å². The molecule has 0 fully saturated rings. The smallest absolute Gasteiger partial charge is 0.305 e. The number of benzene rings is 1. The normalized spacial score (nSPS) is 12.2. The Kier molecular flexibility index (Phi) is 12.3. The topological polar surface area (TPSA) is 69.6 Å². The van der Waals surface area contributed by atoms with E-state index in [9.17, 15) is 9.59 Å². The monoisotopic (exact) mass is 404 g/mol. The van der Waals surface area contributed by atoms with Crippen molar-refractivity contribution in [2.24, 2.45) is 0 Å². The quantitative estimate of drug-likeness (QED) is 0.423. The minimum Gasteiger partial charge on any atom is -0.481 e. The third-order valence-corrected chi connectivity index (χ3v) is 5.35. The molecule has 1 aromatic rings. The van der Waals surface area contributed by atoms with Gasteiger partial charge in [-0.15, -0.1) is 0 Å². The molecule has 0 unspecified atom stereocenters. The molecule has 0 aliphatic heterocycles. The van der Waals surface area contributed by atoms with E-state index in [1.54, 1.807) is 0 Å². The molecule has 0 saturated heterocycles. The number of hydrogen-bond donors (Lipinski definition) is 2. The molecule has 0 spiro atoms. The van der Waals surface area contributed by atoms with Crippen molar-refractivity contribution in [2.45, 2.75) is 84.1 Å². The van der Waals surface area contributed by atoms with Crippen LogP contribution in [0.15, 0.2) is 18.2 Å². The summed E-state index contributed by atoms with van der Waals surface area (Å²) in [6.45, 7) is 4.94. The number of amides is 1. The van der Waals surface area contributed by atoms with Crippen molar-refractivity contribution in [3.8, 4) is 0 Å². The summed E-state index contributed by atoms with van der Waals surface area (Å²) in [6.07, 6.45) is 9.67. The maximum atomic E-state index is 12.1. The molecule has 0 heterocycles. The lowest BCUT2D eigenvalue weighted by Crippen LogP contribution is -2.42. The molecule has 2 N–H and O–H groups in total. The van der Waals surface area contributed by atoms with Crippen LogP contribution in [0.3, 0.4) is 0 Å². The predicted octanol–water partition coefficient (Wildman–Crippen LogP) is 4.49. The molecular formula is C24H40N2O3. The van der Waals surface area contributed by atoms with Gasteiger partial charge >= 0.3 is 5.97 Å². The molecule has 0 bridgehead atoms. The molecule has 1 atom stereocenters.